The summed E-state index contributed by atoms with van der Waals surface area (Å²) in [5.41, 5.74) is 6.02. The number of nitrogens with zero attached hydrogens (tertiary/aromatic N) is 3. The molecule has 1 aromatic rings. The third-order valence-electron chi connectivity index (χ3n) is 2.05. The molecule has 0 aliphatic heterocycles. The number of carbonyl (C=O) groups is 1. The number of nitrogens with one attached hydrogen (secondary N) is 1. The number of rotatable bonds is 5. The summed E-state index contributed by atoms with van der Waals surface area (Å²) < 4.78 is 1.43. The van der Waals surface area contributed by atoms with Crippen LogP contribution in [-0.4, -0.2) is 26.9 Å². The monoisotopic (exact) mass is 221 g/mol. The normalized spacial score (nSPS) is 11.8. The molecule has 1 aromatic heterocycles. The highest BCUT2D eigenvalue weighted by molar-refractivity contribution is 5.76. The van der Waals surface area contributed by atoms with Gasteiger partial charge in [0.2, 0.25) is 5.91 Å². The Morgan fingerprint density at radius 2 is 2.56 bits per heavy atom. The van der Waals surface area contributed by atoms with Gasteiger partial charge in [-0.25, -0.2) is 4.68 Å². The fourth-order valence-corrected chi connectivity index (χ4v) is 1.16. The van der Waals surface area contributed by atoms with Gasteiger partial charge in [-0.2, -0.15) is 0 Å². The SMILES string of the molecule is C#CC(CC)NC(=O)Cn1cc(CN)nn1. The molecule has 0 aromatic carbocycles. The van der Waals surface area contributed by atoms with Crippen LogP contribution >= 0.6 is 0 Å². The second-order valence-corrected chi connectivity index (χ2v) is 3.31. The highest BCUT2D eigenvalue weighted by Crippen LogP contribution is 1.92. The van der Waals surface area contributed by atoms with Crippen LogP contribution in [0.4, 0.5) is 0 Å². The van der Waals surface area contributed by atoms with Gasteiger partial charge in [-0.15, -0.1) is 11.5 Å². The molecule has 86 valence electrons. The van der Waals surface area contributed by atoms with E-state index in [1.807, 2.05) is 6.92 Å². The standard InChI is InChI=1S/C10H15N5O/c1-3-8(4-2)12-10(16)7-15-6-9(5-11)13-14-15/h1,6,8H,4-5,7,11H2,2H3,(H,12,16). The molecule has 0 radical (unpaired) electrons. The van der Waals surface area contributed by atoms with Crippen molar-refractivity contribution in [3.8, 4) is 12.3 Å². The molecular formula is C10H15N5O. The lowest BCUT2D eigenvalue weighted by Crippen LogP contribution is -2.35. The fourth-order valence-electron chi connectivity index (χ4n) is 1.16. The van der Waals surface area contributed by atoms with Gasteiger partial charge >= 0.3 is 0 Å². The van der Waals surface area contributed by atoms with Gasteiger partial charge in [0.05, 0.1) is 17.9 Å². The zero-order chi connectivity index (χ0) is 12.0. The molecule has 0 aliphatic carbocycles. The molecule has 0 fully saturated rings. The van der Waals surface area contributed by atoms with Crippen molar-refractivity contribution in [3.05, 3.63) is 11.9 Å². The van der Waals surface area contributed by atoms with E-state index < -0.39 is 0 Å². The number of nitrogens with two attached hydrogens (primary N) is 1. The van der Waals surface area contributed by atoms with E-state index >= 15 is 0 Å². The van der Waals surface area contributed by atoms with Crippen molar-refractivity contribution >= 4 is 5.91 Å². The van der Waals surface area contributed by atoms with Gasteiger partial charge in [0.15, 0.2) is 0 Å². The van der Waals surface area contributed by atoms with Gasteiger partial charge < -0.3 is 11.1 Å². The van der Waals surface area contributed by atoms with Crippen LogP contribution in [0.5, 0.6) is 0 Å². The van der Waals surface area contributed by atoms with Crippen molar-refractivity contribution in [1.82, 2.24) is 20.3 Å². The highest BCUT2D eigenvalue weighted by Gasteiger charge is 2.09. The lowest BCUT2D eigenvalue weighted by atomic mass is 10.2. The topological polar surface area (TPSA) is 85.8 Å². The zero-order valence-corrected chi connectivity index (χ0v) is 9.18. The van der Waals surface area contributed by atoms with Gasteiger partial charge in [-0.05, 0) is 6.42 Å². The maximum atomic E-state index is 11.5. The number of hydrogen-bond donors (Lipinski definition) is 2. The maximum absolute atomic E-state index is 11.5. The van der Waals surface area contributed by atoms with Crippen LogP contribution in [0.1, 0.15) is 19.0 Å². The van der Waals surface area contributed by atoms with Crippen LogP contribution in [0.3, 0.4) is 0 Å². The first-order chi connectivity index (χ1) is 7.69. The fraction of sp³-hybridized carbons (Fsp3) is 0.500. The van der Waals surface area contributed by atoms with E-state index in [2.05, 4.69) is 21.5 Å². The summed E-state index contributed by atoms with van der Waals surface area (Å²) in [5, 5.41) is 10.2. The first kappa shape index (κ1) is 12.2. The molecule has 3 N–H and O–H groups in total. The second kappa shape index (κ2) is 5.88. The minimum atomic E-state index is -0.231. The Hall–Kier alpha value is -1.87. The minimum absolute atomic E-state index is 0.102. The van der Waals surface area contributed by atoms with Gasteiger partial charge in [-0.1, -0.05) is 18.1 Å². The molecular weight excluding hydrogens is 206 g/mol. The average molecular weight is 221 g/mol. The largest absolute Gasteiger partial charge is 0.341 e. The Morgan fingerprint density at radius 3 is 3.06 bits per heavy atom. The summed E-state index contributed by atoms with van der Waals surface area (Å²) in [7, 11) is 0. The van der Waals surface area contributed by atoms with Crippen LogP contribution in [0, 0.1) is 12.3 Å². The van der Waals surface area contributed by atoms with Crippen molar-refractivity contribution in [2.75, 3.05) is 0 Å². The van der Waals surface area contributed by atoms with Gasteiger partial charge in [0, 0.05) is 6.54 Å². The molecule has 1 heterocycles. The molecule has 1 rings (SSSR count). The second-order valence-electron chi connectivity index (χ2n) is 3.31. The molecule has 6 heteroatoms. The summed E-state index contributed by atoms with van der Waals surface area (Å²) in [6.07, 6.45) is 7.57. The molecule has 0 spiro atoms. The Bertz CT molecular complexity index is 392. The van der Waals surface area contributed by atoms with Gasteiger partial charge in [-0.3, -0.25) is 4.79 Å². The van der Waals surface area contributed by atoms with Crippen LogP contribution < -0.4 is 11.1 Å². The minimum Gasteiger partial charge on any atom is -0.341 e. The van der Waals surface area contributed by atoms with E-state index in [-0.39, 0.29) is 18.5 Å². The predicted molar refractivity (Wildman–Crippen MR) is 59.0 cm³/mol. The van der Waals surface area contributed by atoms with Gasteiger partial charge in [0.1, 0.15) is 6.54 Å². The van der Waals surface area contributed by atoms with Crippen molar-refractivity contribution in [1.29, 1.82) is 0 Å². The number of carbonyl (C=O) groups excluding carboxylic acids is 1. The molecule has 16 heavy (non-hydrogen) atoms. The number of terminal acetylenes is 1. The third kappa shape index (κ3) is 3.37. The van der Waals surface area contributed by atoms with Crippen molar-refractivity contribution < 1.29 is 4.79 Å². The van der Waals surface area contributed by atoms with E-state index in [0.717, 1.165) is 0 Å². The van der Waals surface area contributed by atoms with E-state index in [0.29, 0.717) is 18.7 Å². The quantitative estimate of drug-likeness (QED) is 0.641. The Morgan fingerprint density at radius 1 is 1.81 bits per heavy atom. The molecule has 1 atom stereocenters. The molecule has 1 unspecified atom stereocenters. The smallest absolute Gasteiger partial charge is 0.242 e. The summed E-state index contributed by atoms with van der Waals surface area (Å²) in [5.74, 6) is 2.31. The average Bonchev–Trinajstić information content (AvgIpc) is 2.73. The summed E-state index contributed by atoms with van der Waals surface area (Å²) in [6.45, 7) is 2.32. The van der Waals surface area contributed by atoms with Crippen LogP contribution in [0.15, 0.2) is 6.20 Å². The summed E-state index contributed by atoms with van der Waals surface area (Å²) in [6, 6.07) is -0.231. The summed E-state index contributed by atoms with van der Waals surface area (Å²) in [4.78, 5) is 11.5. The van der Waals surface area contributed by atoms with Gasteiger partial charge in [0.25, 0.3) is 0 Å². The number of amides is 1. The molecule has 0 bridgehead atoms. The molecule has 0 saturated carbocycles. The Kier molecular flexibility index (Phi) is 4.48. The lowest BCUT2D eigenvalue weighted by Gasteiger charge is -2.09. The number of aromatic nitrogens is 3. The van der Waals surface area contributed by atoms with Crippen LogP contribution in [0.25, 0.3) is 0 Å². The number of hydrogen-bond acceptors (Lipinski definition) is 4. The molecule has 6 nitrogen and oxygen atoms in total. The van der Waals surface area contributed by atoms with Crippen molar-refractivity contribution in [2.45, 2.75) is 32.5 Å². The lowest BCUT2D eigenvalue weighted by molar-refractivity contribution is -0.122. The van der Waals surface area contributed by atoms with Crippen LogP contribution in [0.2, 0.25) is 0 Å². The maximum Gasteiger partial charge on any atom is 0.242 e. The zero-order valence-electron chi connectivity index (χ0n) is 9.18. The van der Waals surface area contributed by atoms with Crippen molar-refractivity contribution in [2.24, 2.45) is 5.73 Å². The van der Waals surface area contributed by atoms with Crippen molar-refractivity contribution in [3.63, 3.8) is 0 Å². The first-order valence-corrected chi connectivity index (χ1v) is 5.04. The third-order valence-corrected chi connectivity index (χ3v) is 2.05. The molecule has 0 saturated heterocycles. The van der Waals surface area contributed by atoms with E-state index in [9.17, 15) is 4.79 Å². The Labute approximate surface area is 94.2 Å². The van der Waals surface area contributed by atoms with E-state index in [1.165, 1.54) is 4.68 Å². The predicted octanol–water partition coefficient (Wildman–Crippen LogP) is -0.735. The summed E-state index contributed by atoms with van der Waals surface area (Å²) >= 11 is 0. The highest BCUT2D eigenvalue weighted by atomic mass is 16.2. The Balaban J connectivity index is 2.48. The van der Waals surface area contributed by atoms with Crippen LogP contribution in [-0.2, 0) is 17.9 Å². The molecule has 0 aliphatic rings. The first-order valence-electron chi connectivity index (χ1n) is 5.04. The van der Waals surface area contributed by atoms with E-state index in [4.69, 9.17) is 12.2 Å². The van der Waals surface area contributed by atoms with E-state index in [1.54, 1.807) is 6.20 Å². The molecule has 1 amide bonds.